The van der Waals surface area contributed by atoms with Crippen LogP contribution in [0, 0.1) is 5.82 Å². The fourth-order valence-electron chi connectivity index (χ4n) is 3.46. The average Bonchev–Trinajstić information content (AvgIpc) is 3.20. The molecule has 3 aromatic rings. The SMILES string of the molecule is CS(=O)(=O)c1ccc(-c2cnc([C@@H]3COCCN3Cc3ccccc3F)[nH]2)cc1. The first-order valence-corrected chi connectivity index (χ1v) is 11.2. The number of benzene rings is 2. The molecule has 6 nitrogen and oxygen atoms in total. The van der Waals surface area contributed by atoms with Gasteiger partial charge in [-0.05, 0) is 23.8 Å². The minimum atomic E-state index is -3.23. The van der Waals surface area contributed by atoms with Crippen molar-refractivity contribution < 1.29 is 17.5 Å². The molecular formula is C21H22FN3O3S. The number of ether oxygens (including phenoxy) is 1. The van der Waals surface area contributed by atoms with Gasteiger partial charge in [-0.1, -0.05) is 30.3 Å². The van der Waals surface area contributed by atoms with E-state index in [-0.39, 0.29) is 16.8 Å². The summed E-state index contributed by atoms with van der Waals surface area (Å²) in [5.41, 5.74) is 2.27. The monoisotopic (exact) mass is 415 g/mol. The number of aromatic nitrogens is 2. The molecule has 1 aliphatic rings. The van der Waals surface area contributed by atoms with Crippen LogP contribution in [0.5, 0.6) is 0 Å². The van der Waals surface area contributed by atoms with Crippen LogP contribution in [0.25, 0.3) is 11.3 Å². The van der Waals surface area contributed by atoms with Crippen molar-refractivity contribution in [2.75, 3.05) is 26.0 Å². The average molecular weight is 415 g/mol. The molecule has 1 aliphatic heterocycles. The van der Waals surface area contributed by atoms with Gasteiger partial charge < -0.3 is 9.72 Å². The lowest BCUT2D eigenvalue weighted by Crippen LogP contribution is -2.39. The van der Waals surface area contributed by atoms with E-state index in [0.717, 1.165) is 17.1 Å². The molecule has 0 bridgehead atoms. The lowest BCUT2D eigenvalue weighted by molar-refractivity contribution is -0.0160. The van der Waals surface area contributed by atoms with Gasteiger partial charge in [-0.15, -0.1) is 0 Å². The number of H-pyrrole nitrogens is 1. The fraction of sp³-hybridized carbons (Fsp3) is 0.286. The molecule has 0 aliphatic carbocycles. The van der Waals surface area contributed by atoms with E-state index in [1.165, 1.54) is 12.3 Å². The zero-order valence-corrected chi connectivity index (χ0v) is 16.8. The third-order valence-electron chi connectivity index (χ3n) is 5.08. The molecule has 2 aromatic carbocycles. The van der Waals surface area contributed by atoms with E-state index in [9.17, 15) is 12.8 Å². The summed E-state index contributed by atoms with van der Waals surface area (Å²) in [5, 5.41) is 0. The van der Waals surface area contributed by atoms with Crippen molar-refractivity contribution in [2.24, 2.45) is 0 Å². The number of imidazole rings is 1. The topological polar surface area (TPSA) is 75.3 Å². The van der Waals surface area contributed by atoms with Gasteiger partial charge in [0.2, 0.25) is 0 Å². The molecule has 1 saturated heterocycles. The molecule has 0 saturated carbocycles. The van der Waals surface area contributed by atoms with Crippen LogP contribution in [0.1, 0.15) is 17.4 Å². The van der Waals surface area contributed by atoms with Crippen molar-refractivity contribution >= 4 is 9.84 Å². The van der Waals surface area contributed by atoms with Gasteiger partial charge in [0.25, 0.3) is 0 Å². The van der Waals surface area contributed by atoms with Crippen molar-refractivity contribution in [3.63, 3.8) is 0 Å². The summed E-state index contributed by atoms with van der Waals surface area (Å²) in [7, 11) is -3.23. The largest absolute Gasteiger partial charge is 0.378 e. The van der Waals surface area contributed by atoms with Gasteiger partial charge in [-0.25, -0.2) is 17.8 Å². The fourth-order valence-corrected chi connectivity index (χ4v) is 4.09. The normalized spacial score (nSPS) is 18.1. The number of hydrogen-bond acceptors (Lipinski definition) is 5. The van der Waals surface area contributed by atoms with E-state index in [4.69, 9.17) is 4.74 Å². The maximum Gasteiger partial charge on any atom is 0.175 e. The van der Waals surface area contributed by atoms with Gasteiger partial charge >= 0.3 is 0 Å². The number of hydrogen-bond donors (Lipinski definition) is 1. The summed E-state index contributed by atoms with van der Waals surface area (Å²) in [6.45, 7) is 2.21. The van der Waals surface area contributed by atoms with E-state index < -0.39 is 9.84 Å². The van der Waals surface area contributed by atoms with Crippen molar-refractivity contribution in [1.29, 1.82) is 0 Å². The number of nitrogens with zero attached hydrogens (tertiary/aromatic N) is 2. The van der Waals surface area contributed by atoms with Crippen LogP contribution < -0.4 is 0 Å². The summed E-state index contributed by atoms with van der Waals surface area (Å²) in [4.78, 5) is 10.3. The molecule has 0 unspecified atom stereocenters. The Kier molecular flexibility index (Phi) is 5.49. The summed E-state index contributed by atoms with van der Waals surface area (Å²) >= 11 is 0. The first kappa shape index (κ1) is 19.8. The lowest BCUT2D eigenvalue weighted by atomic mass is 10.1. The standard InChI is InChI=1S/C21H22FN3O3S/c1-29(26,27)17-8-6-15(7-9-17)19-12-23-21(24-19)20-14-28-11-10-25(20)13-16-4-2-3-5-18(16)22/h2-9,12,20H,10-11,13-14H2,1H3,(H,23,24)/t20-/m0/s1. The van der Waals surface area contributed by atoms with Crippen molar-refractivity contribution in [3.8, 4) is 11.3 Å². The van der Waals surface area contributed by atoms with E-state index in [0.29, 0.717) is 31.9 Å². The predicted molar refractivity (Wildman–Crippen MR) is 108 cm³/mol. The van der Waals surface area contributed by atoms with E-state index in [1.807, 2.05) is 6.07 Å². The van der Waals surface area contributed by atoms with Crippen LogP contribution in [0.4, 0.5) is 4.39 Å². The molecule has 1 fully saturated rings. The van der Waals surface area contributed by atoms with Gasteiger partial charge in [0, 0.05) is 24.9 Å². The zero-order chi connectivity index (χ0) is 20.4. The Morgan fingerprint density at radius 1 is 1.21 bits per heavy atom. The molecule has 8 heteroatoms. The molecule has 0 spiro atoms. The second-order valence-corrected chi connectivity index (χ2v) is 9.15. The number of rotatable bonds is 5. The number of halogens is 1. The van der Waals surface area contributed by atoms with Crippen LogP contribution in [0.15, 0.2) is 59.6 Å². The smallest absolute Gasteiger partial charge is 0.175 e. The first-order chi connectivity index (χ1) is 13.9. The Morgan fingerprint density at radius 3 is 2.69 bits per heavy atom. The molecule has 1 N–H and O–H groups in total. The lowest BCUT2D eigenvalue weighted by Gasteiger charge is -2.34. The highest BCUT2D eigenvalue weighted by Crippen LogP contribution is 2.27. The number of nitrogens with one attached hydrogen (secondary N) is 1. The van der Waals surface area contributed by atoms with E-state index in [2.05, 4.69) is 14.9 Å². The molecule has 1 atom stereocenters. The second kappa shape index (κ2) is 8.06. The number of aromatic amines is 1. The molecule has 2 heterocycles. The Balaban J connectivity index is 1.56. The predicted octanol–water partition coefficient (Wildman–Crippen LogP) is 3.19. The van der Waals surface area contributed by atoms with Crippen molar-refractivity contribution in [1.82, 2.24) is 14.9 Å². The molecule has 0 amide bonds. The molecule has 152 valence electrons. The third kappa shape index (κ3) is 4.39. The summed E-state index contributed by atoms with van der Waals surface area (Å²) in [6.07, 6.45) is 2.91. The van der Waals surface area contributed by atoms with Gasteiger partial charge in [0.15, 0.2) is 9.84 Å². The van der Waals surface area contributed by atoms with Gasteiger partial charge in [0.1, 0.15) is 11.6 Å². The molecular weight excluding hydrogens is 393 g/mol. The molecule has 1 aromatic heterocycles. The first-order valence-electron chi connectivity index (χ1n) is 9.32. The third-order valence-corrected chi connectivity index (χ3v) is 6.20. The van der Waals surface area contributed by atoms with Gasteiger partial charge in [-0.2, -0.15) is 0 Å². The minimum absolute atomic E-state index is 0.118. The van der Waals surface area contributed by atoms with Gasteiger partial charge in [-0.3, -0.25) is 4.90 Å². The van der Waals surface area contributed by atoms with Crippen LogP contribution >= 0.6 is 0 Å². The van der Waals surface area contributed by atoms with Crippen molar-refractivity contribution in [2.45, 2.75) is 17.5 Å². The minimum Gasteiger partial charge on any atom is -0.378 e. The second-order valence-electron chi connectivity index (χ2n) is 7.13. The molecule has 29 heavy (non-hydrogen) atoms. The quantitative estimate of drug-likeness (QED) is 0.693. The Hall–Kier alpha value is -2.55. The summed E-state index contributed by atoms with van der Waals surface area (Å²) < 4.78 is 43.0. The maximum absolute atomic E-state index is 14.1. The Labute approximate surface area is 169 Å². The van der Waals surface area contributed by atoms with E-state index in [1.54, 1.807) is 42.6 Å². The Morgan fingerprint density at radius 2 is 1.97 bits per heavy atom. The highest BCUT2D eigenvalue weighted by molar-refractivity contribution is 7.90. The highest BCUT2D eigenvalue weighted by Gasteiger charge is 2.27. The van der Waals surface area contributed by atoms with Crippen LogP contribution in [-0.2, 0) is 21.1 Å². The van der Waals surface area contributed by atoms with E-state index >= 15 is 0 Å². The van der Waals surface area contributed by atoms with Crippen molar-refractivity contribution in [3.05, 3.63) is 71.9 Å². The molecule has 0 radical (unpaired) electrons. The van der Waals surface area contributed by atoms with Crippen LogP contribution in [0.2, 0.25) is 0 Å². The van der Waals surface area contributed by atoms with Gasteiger partial charge in [0.05, 0.1) is 36.0 Å². The zero-order valence-electron chi connectivity index (χ0n) is 16.0. The maximum atomic E-state index is 14.1. The summed E-state index contributed by atoms with van der Waals surface area (Å²) in [6, 6.07) is 13.3. The molecule has 4 rings (SSSR count). The van der Waals surface area contributed by atoms with Crippen LogP contribution in [0.3, 0.4) is 0 Å². The summed E-state index contributed by atoms with van der Waals surface area (Å²) in [5.74, 6) is 0.520. The Bertz CT molecular complexity index is 1100. The highest BCUT2D eigenvalue weighted by atomic mass is 32.2. The van der Waals surface area contributed by atoms with Crippen LogP contribution in [-0.4, -0.2) is 49.3 Å². The number of morpholine rings is 1. The number of sulfone groups is 1.